The van der Waals surface area contributed by atoms with Gasteiger partial charge in [0.25, 0.3) is 0 Å². The van der Waals surface area contributed by atoms with Gasteiger partial charge in [0.05, 0.1) is 17.4 Å². The predicted molar refractivity (Wildman–Crippen MR) is 88.7 cm³/mol. The Morgan fingerprint density at radius 2 is 2.00 bits per heavy atom. The van der Waals surface area contributed by atoms with E-state index in [0.717, 1.165) is 0 Å². The summed E-state index contributed by atoms with van der Waals surface area (Å²) >= 11 is 0. The molecule has 8 heteroatoms. The first-order chi connectivity index (χ1) is 11.7. The molecule has 0 unspecified atom stereocenters. The first-order valence-electron chi connectivity index (χ1n) is 7.63. The Balaban J connectivity index is 1.73. The molecule has 122 valence electrons. The van der Waals surface area contributed by atoms with Crippen LogP contribution in [0, 0.1) is 11.3 Å². The van der Waals surface area contributed by atoms with Gasteiger partial charge in [-0.05, 0) is 12.1 Å². The van der Waals surface area contributed by atoms with Crippen molar-refractivity contribution >= 4 is 23.4 Å². The molecule has 24 heavy (non-hydrogen) atoms. The summed E-state index contributed by atoms with van der Waals surface area (Å²) in [4.78, 5) is 19.7. The van der Waals surface area contributed by atoms with Crippen LogP contribution in [-0.2, 0) is 4.79 Å². The number of hydrogen-bond donors (Lipinski definition) is 1. The number of rotatable bonds is 3. The highest BCUT2D eigenvalue weighted by Crippen LogP contribution is 2.19. The third kappa shape index (κ3) is 3.41. The second kappa shape index (κ2) is 6.91. The molecule has 1 N–H and O–H groups in total. The van der Waals surface area contributed by atoms with Crippen molar-refractivity contribution in [3.8, 4) is 6.07 Å². The maximum absolute atomic E-state index is 11.4. The van der Waals surface area contributed by atoms with Crippen molar-refractivity contribution in [1.82, 2.24) is 20.1 Å². The van der Waals surface area contributed by atoms with Gasteiger partial charge in [-0.25, -0.2) is 0 Å². The number of hydrogen-bond acceptors (Lipinski definition) is 7. The van der Waals surface area contributed by atoms with Crippen molar-refractivity contribution < 1.29 is 4.79 Å². The number of nitriles is 1. The van der Waals surface area contributed by atoms with Gasteiger partial charge in [-0.1, -0.05) is 12.1 Å². The van der Waals surface area contributed by atoms with Crippen LogP contribution in [0.2, 0.25) is 0 Å². The van der Waals surface area contributed by atoms with E-state index >= 15 is 0 Å². The van der Waals surface area contributed by atoms with Crippen LogP contribution >= 0.6 is 0 Å². The van der Waals surface area contributed by atoms with Gasteiger partial charge in [-0.15, -0.1) is 5.10 Å². The Morgan fingerprint density at radius 3 is 2.71 bits per heavy atom. The molecule has 1 saturated heterocycles. The highest BCUT2D eigenvalue weighted by atomic mass is 16.2. The minimum atomic E-state index is 0.0888. The third-order valence-corrected chi connectivity index (χ3v) is 3.89. The molecule has 1 aliphatic rings. The van der Waals surface area contributed by atoms with Crippen molar-refractivity contribution in [3.05, 3.63) is 36.0 Å². The van der Waals surface area contributed by atoms with Crippen molar-refractivity contribution in [2.75, 3.05) is 36.4 Å². The summed E-state index contributed by atoms with van der Waals surface area (Å²) in [6, 6.07) is 9.27. The number of aromatic nitrogens is 3. The van der Waals surface area contributed by atoms with Gasteiger partial charge in [-0.2, -0.15) is 15.3 Å². The van der Waals surface area contributed by atoms with Crippen molar-refractivity contribution in [3.63, 3.8) is 0 Å². The van der Waals surface area contributed by atoms with Crippen LogP contribution in [0.5, 0.6) is 0 Å². The van der Waals surface area contributed by atoms with Gasteiger partial charge in [0.2, 0.25) is 11.9 Å². The molecule has 2 aromatic rings. The molecule has 1 amide bonds. The van der Waals surface area contributed by atoms with Gasteiger partial charge < -0.3 is 15.1 Å². The van der Waals surface area contributed by atoms with Gasteiger partial charge in [0.1, 0.15) is 6.07 Å². The Kier molecular flexibility index (Phi) is 4.52. The van der Waals surface area contributed by atoms with Crippen LogP contribution in [-0.4, -0.2) is 52.2 Å². The van der Waals surface area contributed by atoms with Gasteiger partial charge in [-0.3, -0.25) is 4.79 Å². The topological polar surface area (TPSA) is 98.0 Å². The lowest BCUT2D eigenvalue weighted by Gasteiger charge is -2.34. The molecule has 3 rings (SSSR count). The van der Waals surface area contributed by atoms with E-state index in [1.165, 1.54) is 0 Å². The molecule has 0 bridgehead atoms. The van der Waals surface area contributed by atoms with Crippen molar-refractivity contribution in [2.24, 2.45) is 0 Å². The lowest BCUT2D eigenvalue weighted by atomic mass is 10.2. The monoisotopic (exact) mass is 323 g/mol. The average Bonchev–Trinajstić information content (AvgIpc) is 2.62. The van der Waals surface area contributed by atoms with E-state index in [1.807, 2.05) is 11.0 Å². The lowest BCUT2D eigenvalue weighted by molar-refractivity contribution is -0.129. The SMILES string of the molecule is CC(=O)N1CCN(c2cnnc(Nc3ccccc3C#N)n2)CC1. The molecule has 0 aliphatic carbocycles. The molecule has 1 aromatic carbocycles. The minimum absolute atomic E-state index is 0.0888. The second-order valence-corrected chi connectivity index (χ2v) is 5.41. The maximum atomic E-state index is 11.4. The van der Waals surface area contributed by atoms with Gasteiger partial charge >= 0.3 is 0 Å². The van der Waals surface area contributed by atoms with Crippen LogP contribution in [0.1, 0.15) is 12.5 Å². The summed E-state index contributed by atoms with van der Waals surface area (Å²) in [7, 11) is 0. The zero-order chi connectivity index (χ0) is 16.9. The Hall–Kier alpha value is -3.21. The summed E-state index contributed by atoms with van der Waals surface area (Å²) in [5, 5.41) is 20.1. The van der Waals surface area contributed by atoms with Crippen LogP contribution in [0.25, 0.3) is 0 Å². The number of nitrogens with one attached hydrogen (secondary N) is 1. The second-order valence-electron chi connectivity index (χ2n) is 5.41. The molecule has 0 spiro atoms. The number of piperazine rings is 1. The fourth-order valence-corrected chi connectivity index (χ4v) is 2.56. The number of anilines is 3. The minimum Gasteiger partial charge on any atom is -0.352 e. The summed E-state index contributed by atoms with van der Waals surface area (Å²) in [5.41, 5.74) is 1.15. The van der Waals surface area contributed by atoms with E-state index < -0.39 is 0 Å². The summed E-state index contributed by atoms with van der Waals surface area (Å²) in [6.45, 7) is 4.31. The predicted octanol–water partition coefficient (Wildman–Crippen LogP) is 1.16. The highest BCUT2D eigenvalue weighted by molar-refractivity contribution is 5.73. The highest BCUT2D eigenvalue weighted by Gasteiger charge is 2.20. The molecule has 0 saturated carbocycles. The quantitative estimate of drug-likeness (QED) is 0.905. The van der Waals surface area contributed by atoms with E-state index in [9.17, 15) is 4.79 Å². The zero-order valence-electron chi connectivity index (χ0n) is 13.3. The largest absolute Gasteiger partial charge is 0.352 e. The van der Waals surface area contributed by atoms with Crippen LogP contribution in [0.4, 0.5) is 17.5 Å². The first-order valence-corrected chi connectivity index (χ1v) is 7.63. The molecule has 0 atom stereocenters. The van der Waals surface area contributed by atoms with E-state index in [-0.39, 0.29) is 5.91 Å². The van der Waals surface area contributed by atoms with E-state index in [2.05, 4.69) is 31.5 Å². The standard InChI is InChI=1S/C16H17N7O/c1-12(24)22-6-8-23(9-7-22)15-11-18-21-16(20-15)19-14-5-3-2-4-13(14)10-17/h2-5,11H,6-9H2,1H3,(H,19,20,21). The molecule has 2 heterocycles. The number of nitrogens with zero attached hydrogens (tertiary/aromatic N) is 6. The number of carbonyl (C=O) groups is 1. The summed E-state index contributed by atoms with van der Waals surface area (Å²) < 4.78 is 0. The maximum Gasteiger partial charge on any atom is 0.249 e. The fourth-order valence-electron chi connectivity index (χ4n) is 2.56. The summed E-state index contributed by atoms with van der Waals surface area (Å²) in [6.07, 6.45) is 1.60. The van der Waals surface area contributed by atoms with E-state index in [4.69, 9.17) is 5.26 Å². The average molecular weight is 323 g/mol. The molecule has 1 aliphatic heterocycles. The smallest absolute Gasteiger partial charge is 0.249 e. The molecule has 1 fully saturated rings. The number of para-hydroxylation sites is 1. The van der Waals surface area contributed by atoms with Gasteiger partial charge in [0.15, 0.2) is 5.82 Å². The van der Waals surface area contributed by atoms with Crippen LogP contribution < -0.4 is 10.2 Å². The first kappa shape index (κ1) is 15.7. The van der Waals surface area contributed by atoms with Crippen molar-refractivity contribution in [1.29, 1.82) is 5.26 Å². The molecule has 0 radical (unpaired) electrons. The molecule has 8 nitrogen and oxygen atoms in total. The van der Waals surface area contributed by atoms with Gasteiger partial charge in [0, 0.05) is 33.1 Å². The van der Waals surface area contributed by atoms with Crippen LogP contribution in [0.3, 0.4) is 0 Å². The lowest BCUT2D eigenvalue weighted by Crippen LogP contribution is -2.48. The third-order valence-electron chi connectivity index (χ3n) is 3.89. The van der Waals surface area contributed by atoms with Crippen LogP contribution in [0.15, 0.2) is 30.5 Å². The normalized spacial score (nSPS) is 14.2. The van der Waals surface area contributed by atoms with E-state index in [1.54, 1.807) is 31.3 Å². The number of amides is 1. The Labute approximate surface area is 139 Å². The fraction of sp³-hybridized carbons (Fsp3) is 0.312. The Bertz CT molecular complexity index is 778. The number of carbonyl (C=O) groups excluding carboxylic acids is 1. The molecular weight excluding hydrogens is 306 g/mol. The Morgan fingerprint density at radius 1 is 1.25 bits per heavy atom. The zero-order valence-corrected chi connectivity index (χ0v) is 13.3. The summed E-state index contributed by atoms with van der Waals surface area (Å²) in [5.74, 6) is 1.13. The van der Waals surface area contributed by atoms with E-state index in [0.29, 0.717) is 49.2 Å². The number of benzene rings is 1. The molecule has 1 aromatic heterocycles. The van der Waals surface area contributed by atoms with Crippen molar-refractivity contribution in [2.45, 2.75) is 6.92 Å². The molecular formula is C16H17N7O.